The Balaban J connectivity index is 2.17. The van der Waals surface area contributed by atoms with Crippen molar-refractivity contribution in [2.45, 2.75) is 0 Å². The predicted molar refractivity (Wildman–Crippen MR) is 78.1 cm³/mol. The highest BCUT2D eigenvalue weighted by Gasteiger charge is 2.09. The van der Waals surface area contributed by atoms with E-state index in [0.717, 1.165) is 11.3 Å². The van der Waals surface area contributed by atoms with Crippen LogP contribution in [0.25, 0.3) is 22.2 Å². The molecule has 1 heterocycles. The summed E-state index contributed by atoms with van der Waals surface area (Å²) in [4.78, 5) is 4.46. The van der Waals surface area contributed by atoms with Gasteiger partial charge in [-0.05, 0) is 42.5 Å². The van der Waals surface area contributed by atoms with E-state index in [1.54, 1.807) is 25.3 Å². The quantitative estimate of drug-likeness (QED) is 0.772. The molecular weight excluding hydrogens is 255 g/mol. The second kappa shape index (κ2) is 4.81. The number of halogens is 1. The van der Waals surface area contributed by atoms with E-state index in [-0.39, 0.29) is 5.82 Å². The molecule has 2 aromatic carbocycles. The number of fused-ring (bicyclic) bond motifs is 1. The van der Waals surface area contributed by atoms with E-state index in [9.17, 15) is 4.39 Å². The number of anilines is 1. The molecule has 3 rings (SSSR count). The van der Waals surface area contributed by atoms with E-state index in [1.165, 1.54) is 6.07 Å². The summed E-state index contributed by atoms with van der Waals surface area (Å²) in [5.74, 6) is 0.419. The maximum absolute atomic E-state index is 13.7. The third kappa shape index (κ3) is 2.05. The summed E-state index contributed by atoms with van der Waals surface area (Å²) in [6, 6.07) is 13.9. The van der Waals surface area contributed by atoms with Gasteiger partial charge in [0.05, 0.1) is 23.7 Å². The third-order valence-electron chi connectivity index (χ3n) is 3.20. The molecule has 3 nitrogen and oxygen atoms in total. The van der Waals surface area contributed by atoms with E-state index in [2.05, 4.69) is 4.98 Å². The first-order valence-electron chi connectivity index (χ1n) is 6.18. The van der Waals surface area contributed by atoms with Crippen LogP contribution in [0.15, 0.2) is 48.5 Å². The van der Waals surface area contributed by atoms with Crippen LogP contribution in [0.3, 0.4) is 0 Å². The molecule has 0 unspecified atom stereocenters. The highest BCUT2D eigenvalue weighted by atomic mass is 19.1. The number of benzene rings is 2. The van der Waals surface area contributed by atoms with Crippen molar-refractivity contribution in [1.29, 1.82) is 0 Å². The Bertz CT molecular complexity index is 769. The molecule has 2 N–H and O–H groups in total. The van der Waals surface area contributed by atoms with Gasteiger partial charge >= 0.3 is 0 Å². The van der Waals surface area contributed by atoms with Crippen molar-refractivity contribution in [1.82, 2.24) is 4.98 Å². The van der Waals surface area contributed by atoms with Gasteiger partial charge in [0.1, 0.15) is 11.6 Å². The molecule has 0 fully saturated rings. The lowest BCUT2D eigenvalue weighted by molar-refractivity contribution is 0.415. The monoisotopic (exact) mass is 268 g/mol. The minimum atomic E-state index is -0.353. The van der Waals surface area contributed by atoms with Crippen LogP contribution in [-0.2, 0) is 0 Å². The Morgan fingerprint density at radius 3 is 2.55 bits per heavy atom. The minimum Gasteiger partial charge on any atom is -0.497 e. The molecule has 0 spiro atoms. The van der Waals surface area contributed by atoms with Crippen molar-refractivity contribution in [3.63, 3.8) is 0 Å². The number of hydrogen-bond acceptors (Lipinski definition) is 3. The average Bonchev–Trinajstić information content (AvgIpc) is 2.47. The first kappa shape index (κ1) is 12.4. The molecule has 0 amide bonds. The number of rotatable bonds is 2. The van der Waals surface area contributed by atoms with E-state index < -0.39 is 0 Å². The van der Waals surface area contributed by atoms with Gasteiger partial charge in [-0.1, -0.05) is 6.07 Å². The van der Waals surface area contributed by atoms with E-state index in [1.807, 2.05) is 24.3 Å². The number of nitrogens with two attached hydrogens (primary N) is 1. The van der Waals surface area contributed by atoms with Crippen molar-refractivity contribution in [3.8, 4) is 17.0 Å². The van der Waals surface area contributed by atoms with Crippen LogP contribution in [0.2, 0.25) is 0 Å². The maximum atomic E-state index is 13.7. The summed E-state index contributed by atoms with van der Waals surface area (Å²) < 4.78 is 18.9. The first-order valence-corrected chi connectivity index (χ1v) is 6.18. The Morgan fingerprint density at radius 2 is 1.85 bits per heavy atom. The van der Waals surface area contributed by atoms with Gasteiger partial charge in [0.15, 0.2) is 0 Å². The van der Waals surface area contributed by atoms with Crippen molar-refractivity contribution in [2.75, 3.05) is 12.8 Å². The molecule has 100 valence electrons. The standard InChI is InChI=1S/C16H13FN2O/c1-20-11-7-5-10(6-8-11)15-9-13(18)16-12(17)3-2-4-14(16)19-15/h2-9H,1H3,(H2,18,19). The van der Waals surface area contributed by atoms with Gasteiger partial charge in [-0.3, -0.25) is 0 Å². The predicted octanol–water partition coefficient (Wildman–Crippen LogP) is 3.63. The Morgan fingerprint density at radius 1 is 1.10 bits per heavy atom. The number of ether oxygens (including phenoxy) is 1. The molecule has 3 aromatic rings. The van der Waals surface area contributed by atoms with Crippen LogP contribution in [-0.4, -0.2) is 12.1 Å². The zero-order chi connectivity index (χ0) is 14.1. The lowest BCUT2D eigenvalue weighted by Gasteiger charge is -2.08. The second-order valence-corrected chi connectivity index (χ2v) is 4.46. The van der Waals surface area contributed by atoms with Crippen LogP contribution in [0, 0.1) is 5.82 Å². The largest absolute Gasteiger partial charge is 0.497 e. The highest BCUT2D eigenvalue weighted by molar-refractivity contribution is 5.93. The molecule has 0 radical (unpaired) electrons. The molecule has 4 heteroatoms. The maximum Gasteiger partial charge on any atom is 0.134 e. The fourth-order valence-corrected chi connectivity index (χ4v) is 2.18. The van der Waals surface area contributed by atoms with Crippen molar-refractivity contribution in [3.05, 3.63) is 54.3 Å². The number of pyridine rings is 1. The summed E-state index contributed by atoms with van der Waals surface area (Å²) in [6.45, 7) is 0. The van der Waals surface area contributed by atoms with Gasteiger partial charge in [-0.2, -0.15) is 0 Å². The van der Waals surface area contributed by atoms with Crippen molar-refractivity contribution < 1.29 is 9.13 Å². The van der Waals surface area contributed by atoms with Crippen LogP contribution in [0.5, 0.6) is 5.75 Å². The summed E-state index contributed by atoms with van der Waals surface area (Å²) in [5.41, 5.74) is 8.50. The van der Waals surface area contributed by atoms with Gasteiger partial charge < -0.3 is 10.5 Å². The second-order valence-electron chi connectivity index (χ2n) is 4.46. The van der Waals surface area contributed by atoms with Crippen LogP contribution in [0.4, 0.5) is 10.1 Å². The van der Waals surface area contributed by atoms with Crippen LogP contribution >= 0.6 is 0 Å². The van der Waals surface area contributed by atoms with Crippen LogP contribution < -0.4 is 10.5 Å². The molecule has 0 atom stereocenters. The van der Waals surface area contributed by atoms with Gasteiger partial charge in [0, 0.05) is 11.3 Å². The Labute approximate surface area is 115 Å². The van der Waals surface area contributed by atoms with Gasteiger partial charge in [0.2, 0.25) is 0 Å². The van der Waals surface area contributed by atoms with Crippen molar-refractivity contribution in [2.24, 2.45) is 0 Å². The number of aromatic nitrogens is 1. The normalized spacial score (nSPS) is 10.7. The lowest BCUT2D eigenvalue weighted by atomic mass is 10.1. The van der Waals surface area contributed by atoms with Gasteiger partial charge in [0.25, 0.3) is 0 Å². The highest BCUT2D eigenvalue weighted by Crippen LogP contribution is 2.28. The molecule has 0 aliphatic heterocycles. The van der Waals surface area contributed by atoms with E-state index >= 15 is 0 Å². The van der Waals surface area contributed by atoms with E-state index in [4.69, 9.17) is 10.5 Å². The summed E-state index contributed by atoms with van der Waals surface area (Å²) in [5, 5.41) is 0.366. The smallest absolute Gasteiger partial charge is 0.134 e. The summed E-state index contributed by atoms with van der Waals surface area (Å²) in [6.07, 6.45) is 0. The topological polar surface area (TPSA) is 48.1 Å². The average molecular weight is 268 g/mol. The molecule has 0 saturated carbocycles. The Hall–Kier alpha value is -2.62. The van der Waals surface area contributed by atoms with E-state index in [0.29, 0.717) is 22.3 Å². The molecule has 0 saturated heterocycles. The number of nitrogen functional groups attached to an aromatic ring is 1. The third-order valence-corrected chi connectivity index (χ3v) is 3.20. The van der Waals surface area contributed by atoms with Crippen LogP contribution in [0.1, 0.15) is 0 Å². The van der Waals surface area contributed by atoms with Gasteiger partial charge in [-0.15, -0.1) is 0 Å². The zero-order valence-electron chi connectivity index (χ0n) is 10.9. The first-order chi connectivity index (χ1) is 9.69. The summed E-state index contributed by atoms with van der Waals surface area (Å²) >= 11 is 0. The fourth-order valence-electron chi connectivity index (χ4n) is 2.18. The Kier molecular flexibility index (Phi) is 2.99. The molecule has 20 heavy (non-hydrogen) atoms. The number of nitrogens with zero attached hydrogens (tertiary/aromatic N) is 1. The van der Waals surface area contributed by atoms with Gasteiger partial charge in [-0.25, -0.2) is 9.37 Å². The molecule has 0 bridgehead atoms. The number of methoxy groups -OCH3 is 1. The summed E-state index contributed by atoms with van der Waals surface area (Å²) in [7, 11) is 1.62. The fraction of sp³-hybridized carbons (Fsp3) is 0.0625. The zero-order valence-corrected chi connectivity index (χ0v) is 10.9. The minimum absolute atomic E-state index is 0.353. The molecular formula is C16H13FN2O. The molecule has 0 aliphatic carbocycles. The SMILES string of the molecule is COc1ccc(-c2cc(N)c3c(F)cccc3n2)cc1. The number of hydrogen-bond donors (Lipinski definition) is 1. The van der Waals surface area contributed by atoms with Crippen molar-refractivity contribution >= 4 is 16.6 Å². The lowest BCUT2D eigenvalue weighted by Crippen LogP contribution is -1.95. The molecule has 1 aromatic heterocycles. The molecule has 0 aliphatic rings.